The summed E-state index contributed by atoms with van der Waals surface area (Å²) in [4.78, 5) is 0. The lowest BCUT2D eigenvalue weighted by Crippen LogP contribution is -2.20. The lowest BCUT2D eigenvalue weighted by atomic mass is 10.1. The smallest absolute Gasteiger partial charge is 0.126 e. The van der Waals surface area contributed by atoms with E-state index >= 15 is 0 Å². The molecule has 0 fully saturated rings. The number of hydrogen-bond acceptors (Lipinski definition) is 2. The highest BCUT2D eigenvalue weighted by atomic mass is 19.1. The lowest BCUT2D eigenvalue weighted by Gasteiger charge is -2.15. The average molecular weight is 257 g/mol. The van der Waals surface area contributed by atoms with Crippen LogP contribution in [-0.2, 0) is 0 Å². The summed E-state index contributed by atoms with van der Waals surface area (Å²) < 4.78 is 26.1. The fourth-order valence-electron chi connectivity index (χ4n) is 1.80. The number of aliphatic hydroxyl groups is 1. The summed E-state index contributed by atoms with van der Waals surface area (Å²) in [5.41, 5.74) is 0.614. The van der Waals surface area contributed by atoms with Gasteiger partial charge in [0.15, 0.2) is 0 Å². The van der Waals surface area contributed by atoms with Gasteiger partial charge in [0.05, 0.1) is 0 Å². The highest BCUT2D eigenvalue weighted by Crippen LogP contribution is 2.16. The van der Waals surface area contributed by atoms with Crippen LogP contribution in [0.1, 0.15) is 38.3 Å². The highest BCUT2D eigenvalue weighted by molar-refractivity contribution is 5.20. The Labute approximate surface area is 107 Å². The molecular formula is C14H21F2NO. The third kappa shape index (κ3) is 5.10. The van der Waals surface area contributed by atoms with Gasteiger partial charge in [0.1, 0.15) is 11.6 Å². The van der Waals surface area contributed by atoms with Crippen LogP contribution in [0, 0.1) is 17.6 Å². The van der Waals surface area contributed by atoms with Crippen LogP contribution in [0.15, 0.2) is 18.2 Å². The Morgan fingerprint density at radius 1 is 1.17 bits per heavy atom. The zero-order valence-corrected chi connectivity index (χ0v) is 10.9. The van der Waals surface area contributed by atoms with Crippen molar-refractivity contribution < 1.29 is 13.9 Å². The van der Waals surface area contributed by atoms with Crippen molar-refractivity contribution in [3.8, 4) is 0 Å². The van der Waals surface area contributed by atoms with E-state index in [-0.39, 0.29) is 12.6 Å². The molecule has 0 heterocycles. The molecule has 4 heteroatoms. The van der Waals surface area contributed by atoms with Crippen LogP contribution in [-0.4, -0.2) is 18.3 Å². The fourth-order valence-corrected chi connectivity index (χ4v) is 1.80. The van der Waals surface area contributed by atoms with Crippen molar-refractivity contribution in [2.75, 3.05) is 13.2 Å². The van der Waals surface area contributed by atoms with Crippen LogP contribution >= 0.6 is 0 Å². The molecule has 102 valence electrons. The molecule has 0 aliphatic rings. The van der Waals surface area contributed by atoms with E-state index in [1.165, 1.54) is 12.1 Å². The third-order valence-electron chi connectivity index (χ3n) is 3.02. The van der Waals surface area contributed by atoms with Crippen molar-refractivity contribution in [1.29, 1.82) is 0 Å². The van der Waals surface area contributed by atoms with E-state index in [1.807, 2.05) is 13.8 Å². The molecular weight excluding hydrogens is 236 g/mol. The van der Waals surface area contributed by atoms with E-state index in [4.69, 9.17) is 5.11 Å². The van der Waals surface area contributed by atoms with E-state index in [0.29, 0.717) is 11.5 Å². The molecule has 18 heavy (non-hydrogen) atoms. The van der Waals surface area contributed by atoms with E-state index in [2.05, 4.69) is 5.32 Å². The van der Waals surface area contributed by atoms with Gasteiger partial charge in [-0.25, -0.2) is 8.78 Å². The van der Waals surface area contributed by atoms with Gasteiger partial charge in [-0.3, -0.25) is 0 Å². The Balaban J connectivity index is 2.38. The molecule has 2 unspecified atom stereocenters. The fraction of sp³-hybridized carbons (Fsp3) is 0.571. The van der Waals surface area contributed by atoms with Gasteiger partial charge in [0.25, 0.3) is 0 Å². The van der Waals surface area contributed by atoms with Crippen molar-refractivity contribution in [2.24, 2.45) is 5.92 Å². The first kappa shape index (κ1) is 15.1. The van der Waals surface area contributed by atoms with Gasteiger partial charge in [-0.05, 0) is 49.9 Å². The second-order valence-corrected chi connectivity index (χ2v) is 4.81. The average Bonchev–Trinajstić information content (AvgIpc) is 2.32. The number of halogens is 2. The molecule has 0 saturated carbocycles. The minimum atomic E-state index is -0.549. The molecule has 1 aromatic rings. The van der Waals surface area contributed by atoms with Crippen LogP contribution in [0.5, 0.6) is 0 Å². The van der Waals surface area contributed by atoms with E-state index in [0.717, 1.165) is 25.5 Å². The molecule has 2 atom stereocenters. The van der Waals surface area contributed by atoms with Crippen LogP contribution in [0.25, 0.3) is 0 Å². The van der Waals surface area contributed by atoms with Crippen LogP contribution < -0.4 is 5.32 Å². The number of rotatable bonds is 7. The van der Waals surface area contributed by atoms with Crippen molar-refractivity contribution in [3.63, 3.8) is 0 Å². The predicted molar refractivity (Wildman–Crippen MR) is 68.3 cm³/mol. The predicted octanol–water partition coefficient (Wildman–Crippen LogP) is 3.02. The topological polar surface area (TPSA) is 32.3 Å². The summed E-state index contributed by atoms with van der Waals surface area (Å²) in [6, 6.07) is 3.48. The maximum atomic E-state index is 13.0. The van der Waals surface area contributed by atoms with Gasteiger partial charge in [-0.1, -0.05) is 6.92 Å². The molecule has 0 amide bonds. The number of hydrogen-bond donors (Lipinski definition) is 2. The summed E-state index contributed by atoms with van der Waals surface area (Å²) >= 11 is 0. The van der Waals surface area contributed by atoms with Gasteiger partial charge in [-0.15, -0.1) is 0 Å². The summed E-state index contributed by atoms with van der Waals surface area (Å²) in [5.74, 6) is -0.797. The molecule has 0 saturated heterocycles. The second kappa shape index (κ2) is 7.44. The van der Waals surface area contributed by atoms with Crippen molar-refractivity contribution >= 4 is 0 Å². The summed E-state index contributed by atoms with van der Waals surface area (Å²) in [7, 11) is 0. The Bertz CT molecular complexity index is 351. The maximum Gasteiger partial charge on any atom is 0.126 e. The largest absolute Gasteiger partial charge is 0.396 e. The standard InChI is InChI=1S/C14H21F2NO/c1-10(9-18)4-3-5-17-11(2)12-6-13(15)8-14(16)7-12/h6-8,10-11,17-18H,3-5,9H2,1-2H3. The zero-order chi connectivity index (χ0) is 13.5. The van der Waals surface area contributed by atoms with Crippen LogP contribution in [0.4, 0.5) is 8.78 Å². The van der Waals surface area contributed by atoms with E-state index in [9.17, 15) is 8.78 Å². The molecule has 2 N–H and O–H groups in total. The highest BCUT2D eigenvalue weighted by Gasteiger charge is 2.08. The molecule has 2 nitrogen and oxygen atoms in total. The molecule has 0 aromatic heterocycles. The maximum absolute atomic E-state index is 13.0. The van der Waals surface area contributed by atoms with Gasteiger partial charge in [-0.2, -0.15) is 0 Å². The first-order valence-electron chi connectivity index (χ1n) is 6.33. The Morgan fingerprint density at radius 2 is 1.78 bits per heavy atom. The number of nitrogens with one attached hydrogen (secondary N) is 1. The van der Waals surface area contributed by atoms with Gasteiger partial charge >= 0.3 is 0 Å². The van der Waals surface area contributed by atoms with E-state index < -0.39 is 11.6 Å². The third-order valence-corrected chi connectivity index (χ3v) is 3.02. The molecule has 1 rings (SSSR count). The second-order valence-electron chi connectivity index (χ2n) is 4.81. The zero-order valence-electron chi connectivity index (χ0n) is 10.9. The molecule has 0 bridgehead atoms. The summed E-state index contributed by atoms with van der Waals surface area (Å²) in [6.07, 6.45) is 1.87. The summed E-state index contributed by atoms with van der Waals surface area (Å²) in [6.45, 7) is 4.84. The minimum Gasteiger partial charge on any atom is -0.396 e. The van der Waals surface area contributed by atoms with Gasteiger partial charge < -0.3 is 10.4 Å². The lowest BCUT2D eigenvalue weighted by molar-refractivity contribution is 0.227. The van der Waals surface area contributed by atoms with Crippen molar-refractivity contribution in [2.45, 2.75) is 32.7 Å². The van der Waals surface area contributed by atoms with E-state index in [1.54, 1.807) is 0 Å². The molecule has 0 spiro atoms. The van der Waals surface area contributed by atoms with Gasteiger partial charge in [0.2, 0.25) is 0 Å². The number of benzene rings is 1. The van der Waals surface area contributed by atoms with Gasteiger partial charge in [0, 0.05) is 18.7 Å². The minimum absolute atomic E-state index is 0.0837. The molecule has 0 aliphatic heterocycles. The van der Waals surface area contributed by atoms with Crippen LogP contribution in [0.2, 0.25) is 0 Å². The molecule has 1 aromatic carbocycles. The van der Waals surface area contributed by atoms with Crippen molar-refractivity contribution in [1.82, 2.24) is 5.32 Å². The summed E-state index contributed by atoms with van der Waals surface area (Å²) in [5, 5.41) is 12.1. The number of aliphatic hydroxyl groups excluding tert-OH is 1. The normalized spacial score (nSPS) is 14.5. The first-order chi connectivity index (χ1) is 8.52. The Kier molecular flexibility index (Phi) is 6.22. The Hall–Kier alpha value is -1.00. The van der Waals surface area contributed by atoms with Crippen molar-refractivity contribution in [3.05, 3.63) is 35.4 Å². The molecule has 0 radical (unpaired) electrons. The monoisotopic (exact) mass is 257 g/mol. The Morgan fingerprint density at radius 3 is 2.33 bits per heavy atom. The molecule has 0 aliphatic carbocycles. The van der Waals surface area contributed by atoms with Crippen LogP contribution in [0.3, 0.4) is 0 Å². The first-order valence-corrected chi connectivity index (χ1v) is 6.33. The quantitative estimate of drug-likeness (QED) is 0.736. The SMILES string of the molecule is CC(CO)CCCNC(C)c1cc(F)cc(F)c1.